The van der Waals surface area contributed by atoms with Crippen molar-refractivity contribution in [1.29, 1.82) is 0 Å². The lowest BCUT2D eigenvalue weighted by Crippen LogP contribution is -2.25. The third-order valence-corrected chi connectivity index (χ3v) is 2.57. The van der Waals surface area contributed by atoms with Crippen molar-refractivity contribution in [2.45, 2.75) is 44.8 Å². The smallest absolute Gasteiger partial charge is 0.306 e. The number of hydrogen-bond donors (Lipinski definition) is 3. The summed E-state index contributed by atoms with van der Waals surface area (Å²) in [5.41, 5.74) is 0. The Morgan fingerprint density at radius 3 is 2.00 bits per heavy atom. The van der Waals surface area contributed by atoms with Gasteiger partial charge in [0.1, 0.15) is 25.4 Å². The molecule has 0 aliphatic heterocycles. The lowest BCUT2D eigenvalue weighted by atomic mass is 10.3. The summed E-state index contributed by atoms with van der Waals surface area (Å²) in [5.74, 6) is -1.31. The topological polar surface area (TPSA) is 123 Å². The molecular formula is C14H26O8. The summed E-state index contributed by atoms with van der Waals surface area (Å²) in [6.07, 6.45) is -0.501. The van der Waals surface area contributed by atoms with E-state index < -0.39 is 30.8 Å². The Balaban J connectivity index is 3.62. The van der Waals surface area contributed by atoms with Gasteiger partial charge in [-0.25, -0.2) is 0 Å². The van der Waals surface area contributed by atoms with Crippen molar-refractivity contribution in [2.75, 3.05) is 33.0 Å². The molecule has 0 aliphatic carbocycles. The molecule has 8 nitrogen and oxygen atoms in total. The van der Waals surface area contributed by atoms with Crippen LogP contribution in [-0.4, -0.2) is 72.5 Å². The van der Waals surface area contributed by atoms with E-state index >= 15 is 0 Å². The van der Waals surface area contributed by atoms with E-state index in [-0.39, 0.29) is 32.7 Å². The van der Waals surface area contributed by atoms with Crippen LogP contribution < -0.4 is 0 Å². The van der Waals surface area contributed by atoms with Gasteiger partial charge in [0.2, 0.25) is 0 Å². The largest absolute Gasteiger partial charge is 0.463 e. The molecule has 2 unspecified atom stereocenters. The zero-order valence-corrected chi connectivity index (χ0v) is 12.9. The van der Waals surface area contributed by atoms with Crippen LogP contribution in [0.4, 0.5) is 0 Å². The molecule has 22 heavy (non-hydrogen) atoms. The summed E-state index contributed by atoms with van der Waals surface area (Å²) in [4.78, 5) is 22.6. The van der Waals surface area contributed by atoms with Gasteiger partial charge in [0, 0.05) is 6.61 Å². The Bertz CT molecular complexity index is 307. The molecule has 130 valence electrons. The van der Waals surface area contributed by atoms with Crippen molar-refractivity contribution in [3.05, 3.63) is 0 Å². The second kappa shape index (κ2) is 13.4. The van der Waals surface area contributed by atoms with Gasteiger partial charge in [-0.05, 0) is 6.42 Å². The van der Waals surface area contributed by atoms with Gasteiger partial charge in [0.15, 0.2) is 0 Å². The molecule has 0 heterocycles. The minimum absolute atomic E-state index is 0.0916. The molecule has 0 aromatic carbocycles. The van der Waals surface area contributed by atoms with Crippen molar-refractivity contribution < 1.29 is 39.1 Å². The second-order valence-corrected chi connectivity index (χ2v) is 4.78. The predicted molar refractivity (Wildman–Crippen MR) is 76.0 cm³/mol. The van der Waals surface area contributed by atoms with Crippen LogP contribution in [0, 0.1) is 0 Å². The SMILES string of the molecule is CCCCOCC(O)COC(=O)CCC(=O)OCC(O)CO. The first kappa shape index (κ1) is 20.8. The van der Waals surface area contributed by atoms with Crippen LogP contribution in [0.5, 0.6) is 0 Å². The number of aliphatic hydroxyl groups is 3. The summed E-state index contributed by atoms with van der Waals surface area (Å²) < 4.78 is 14.6. The van der Waals surface area contributed by atoms with Crippen molar-refractivity contribution in [3.8, 4) is 0 Å². The van der Waals surface area contributed by atoms with Gasteiger partial charge in [-0.3, -0.25) is 9.59 Å². The first-order chi connectivity index (χ1) is 10.5. The van der Waals surface area contributed by atoms with Crippen LogP contribution in [0.25, 0.3) is 0 Å². The zero-order valence-electron chi connectivity index (χ0n) is 12.9. The minimum atomic E-state index is -1.13. The summed E-state index contributed by atoms with van der Waals surface area (Å²) in [5, 5.41) is 27.0. The van der Waals surface area contributed by atoms with Crippen LogP contribution in [0.2, 0.25) is 0 Å². The molecule has 0 saturated carbocycles. The number of esters is 2. The Hall–Kier alpha value is -1.22. The molecule has 0 saturated heterocycles. The highest BCUT2D eigenvalue weighted by Crippen LogP contribution is 1.99. The average molecular weight is 322 g/mol. The normalized spacial score (nSPS) is 13.5. The lowest BCUT2D eigenvalue weighted by molar-refractivity contribution is -0.154. The molecule has 0 rings (SSSR count). The Morgan fingerprint density at radius 1 is 0.955 bits per heavy atom. The monoisotopic (exact) mass is 322 g/mol. The van der Waals surface area contributed by atoms with Gasteiger partial charge in [0.05, 0.1) is 26.1 Å². The summed E-state index contributed by atoms with van der Waals surface area (Å²) in [7, 11) is 0. The molecule has 0 aromatic rings. The molecule has 0 spiro atoms. The summed E-state index contributed by atoms with van der Waals surface area (Å²) >= 11 is 0. The molecule has 3 N–H and O–H groups in total. The van der Waals surface area contributed by atoms with E-state index in [1.54, 1.807) is 0 Å². The van der Waals surface area contributed by atoms with E-state index in [2.05, 4.69) is 4.74 Å². The lowest BCUT2D eigenvalue weighted by Gasteiger charge is -2.12. The maximum absolute atomic E-state index is 11.4. The first-order valence-corrected chi connectivity index (χ1v) is 7.35. The predicted octanol–water partition coefficient (Wildman–Crippen LogP) is -0.616. The van der Waals surface area contributed by atoms with Gasteiger partial charge in [-0.2, -0.15) is 0 Å². The van der Waals surface area contributed by atoms with Crippen molar-refractivity contribution in [2.24, 2.45) is 0 Å². The highest BCUT2D eigenvalue weighted by atomic mass is 16.6. The third kappa shape index (κ3) is 12.5. The number of rotatable bonds is 13. The Labute approximate surface area is 130 Å². The van der Waals surface area contributed by atoms with E-state index in [0.717, 1.165) is 12.8 Å². The number of carbonyl (C=O) groups is 2. The quantitative estimate of drug-likeness (QED) is 0.303. The molecule has 0 fully saturated rings. The van der Waals surface area contributed by atoms with Crippen LogP contribution in [0.15, 0.2) is 0 Å². The fraction of sp³-hybridized carbons (Fsp3) is 0.857. The number of aliphatic hydroxyl groups excluding tert-OH is 3. The van der Waals surface area contributed by atoms with Gasteiger partial charge in [-0.15, -0.1) is 0 Å². The minimum Gasteiger partial charge on any atom is -0.463 e. The zero-order chi connectivity index (χ0) is 16.8. The van der Waals surface area contributed by atoms with Crippen molar-refractivity contribution in [1.82, 2.24) is 0 Å². The molecular weight excluding hydrogens is 296 g/mol. The van der Waals surface area contributed by atoms with Gasteiger partial charge < -0.3 is 29.5 Å². The fourth-order valence-electron chi connectivity index (χ4n) is 1.29. The second-order valence-electron chi connectivity index (χ2n) is 4.78. The van der Waals surface area contributed by atoms with Crippen LogP contribution in [0.1, 0.15) is 32.6 Å². The maximum Gasteiger partial charge on any atom is 0.306 e. The average Bonchev–Trinajstić information content (AvgIpc) is 2.52. The fourth-order valence-corrected chi connectivity index (χ4v) is 1.29. The van der Waals surface area contributed by atoms with E-state index in [1.165, 1.54) is 0 Å². The van der Waals surface area contributed by atoms with E-state index in [4.69, 9.17) is 19.7 Å². The molecule has 8 heteroatoms. The van der Waals surface area contributed by atoms with Gasteiger partial charge in [-0.1, -0.05) is 13.3 Å². The van der Waals surface area contributed by atoms with Crippen LogP contribution in [0.3, 0.4) is 0 Å². The molecule has 0 bridgehead atoms. The Kier molecular flexibility index (Phi) is 12.7. The van der Waals surface area contributed by atoms with E-state index in [9.17, 15) is 14.7 Å². The maximum atomic E-state index is 11.4. The van der Waals surface area contributed by atoms with Crippen LogP contribution >= 0.6 is 0 Å². The number of hydrogen-bond acceptors (Lipinski definition) is 8. The first-order valence-electron chi connectivity index (χ1n) is 7.35. The molecule has 0 aromatic heterocycles. The summed E-state index contributed by atoms with van der Waals surface area (Å²) in [6, 6.07) is 0. The number of carbonyl (C=O) groups excluding carboxylic acids is 2. The van der Waals surface area contributed by atoms with Gasteiger partial charge in [0.25, 0.3) is 0 Å². The third-order valence-electron chi connectivity index (χ3n) is 2.57. The van der Waals surface area contributed by atoms with Gasteiger partial charge >= 0.3 is 11.9 Å². The van der Waals surface area contributed by atoms with Crippen LogP contribution in [-0.2, 0) is 23.8 Å². The standard InChI is InChI=1S/C14H26O8/c1-2-3-6-20-8-12(17)10-22-14(19)5-4-13(18)21-9-11(16)7-15/h11-12,15-17H,2-10H2,1H3. The summed E-state index contributed by atoms with van der Waals surface area (Å²) in [6.45, 7) is 1.65. The van der Waals surface area contributed by atoms with E-state index in [1.807, 2.05) is 6.92 Å². The highest BCUT2D eigenvalue weighted by Gasteiger charge is 2.13. The molecule has 0 amide bonds. The van der Waals surface area contributed by atoms with Crippen molar-refractivity contribution in [3.63, 3.8) is 0 Å². The highest BCUT2D eigenvalue weighted by molar-refractivity contribution is 5.77. The molecule has 0 radical (unpaired) electrons. The number of ether oxygens (including phenoxy) is 3. The van der Waals surface area contributed by atoms with Crippen molar-refractivity contribution >= 4 is 11.9 Å². The number of unbranched alkanes of at least 4 members (excludes halogenated alkanes) is 1. The van der Waals surface area contributed by atoms with E-state index in [0.29, 0.717) is 6.61 Å². The Morgan fingerprint density at radius 2 is 1.50 bits per heavy atom. The molecule has 0 aliphatic rings. The molecule has 2 atom stereocenters.